The lowest BCUT2D eigenvalue weighted by molar-refractivity contribution is -0.146. The van der Waals surface area contributed by atoms with E-state index in [-0.39, 0.29) is 23.6 Å². The lowest BCUT2D eigenvalue weighted by Gasteiger charge is -2.12. The Kier molecular flexibility index (Phi) is 4.07. The van der Waals surface area contributed by atoms with E-state index < -0.39 is 17.6 Å². The Hall–Kier alpha value is -3.10. The molecule has 0 amide bonds. The molecule has 0 aliphatic heterocycles. The summed E-state index contributed by atoms with van der Waals surface area (Å²) in [7, 11) is 0. The molecule has 0 N–H and O–H groups in total. The molecule has 0 bridgehead atoms. The van der Waals surface area contributed by atoms with Crippen molar-refractivity contribution in [3.05, 3.63) is 46.8 Å². The van der Waals surface area contributed by atoms with Gasteiger partial charge in [-0.25, -0.2) is 14.2 Å². The van der Waals surface area contributed by atoms with E-state index in [1.807, 2.05) is 0 Å². The van der Waals surface area contributed by atoms with Crippen LogP contribution in [0.4, 0.5) is 4.39 Å². The quantitative estimate of drug-likeness (QED) is 0.668. The van der Waals surface area contributed by atoms with E-state index in [4.69, 9.17) is 4.74 Å². The van der Waals surface area contributed by atoms with Gasteiger partial charge in [-0.05, 0) is 38.1 Å². The highest BCUT2D eigenvalue weighted by atomic mass is 19.1. The van der Waals surface area contributed by atoms with Gasteiger partial charge < -0.3 is 4.74 Å². The minimum Gasteiger partial charge on any atom is -0.464 e. The average molecular weight is 331 g/mol. The Labute approximate surface area is 135 Å². The van der Waals surface area contributed by atoms with E-state index in [0.29, 0.717) is 5.69 Å². The number of rotatable bonds is 4. The fourth-order valence-corrected chi connectivity index (χ4v) is 2.23. The molecule has 0 aliphatic rings. The van der Waals surface area contributed by atoms with Gasteiger partial charge in [0, 0.05) is 0 Å². The third kappa shape index (κ3) is 2.64. The van der Waals surface area contributed by atoms with Gasteiger partial charge in [0.25, 0.3) is 5.56 Å². The monoisotopic (exact) mass is 331 g/mol. The Morgan fingerprint density at radius 1 is 1.33 bits per heavy atom. The summed E-state index contributed by atoms with van der Waals surface area (Å²) in [5.41, 5.74) is 0.243. The lowest BCUT2D eigenvalue weighted by Crippen LogP contribution is -2.29. The Morgan fingerprint density at radius 3 is 2.71 bits per heavy atom. The number of benzene rings is 1. The van der Waals surface area contributed by atoms with Crippen molar-refractivity contribution < 1.29 is 13.9 Å². The summed E-state index contributed by atoms with van der Waals surface area (Å²) >= 11 is 0. The second-order valence-electron chi connectivity index (χ2n) is 5.03. The first-order valence-electron chi connectivity index (χ1n) is 7.28. The van der Waals surface area contributed by atoms with Crippen LogP contribution in [0, 0.1) is 5.82 Å². The maximum Gasteiger partial charge on any atom is 0.328 e. The fraction of sp³-hybridized carbons (Fsp3) is 0.267. The van der Waals surface area contributed by atoms with Gasteiger partial charge in [0.05, 0.1) is 12.3 Å². The van der Waals surface area contributed by atoms with E-state index in [0.717, 1.165) is 4.57 Å². The third-order valence-electron chi connectivity index (χ3n) is 3.50. The van der Waals surface area contributed by atoms with Crippen molar-refractivity contribution in [1.82, 2.24) is 24.5 Å². The molecule has 1 atom stereocenters. The number of hydrogen-bond donors (Lipinski definition) is 0. The largest absolute Gasteiger partial charge is 0.464 e. The highest BCUT2D eigenvalue weighted by Gasteiger charge is 2.21. The summed E-state index contributed by atoms with van der Waals surface area (Å²) in [5.74, 6) is -0.923. The molecule has 0 saturated carbocycles. The molecule has 3 rings (SSSR count). The summed E-state index contributed by atoms with van der Waals surface area (Å²) in [4.78, 5) is 28.5. The SMILES string of the molecule is CCOC(=O)[C@H](C)n1cnc2c(nnn2-c2ccc(F)cc2)c1=O. The molecule has 0 radical (unpaired) electrons. The summed E-state index contributed by atoms with van der Waals surface area (Å²) < 4.78 is 20.4. The van der Waals surface area contributed by atoms with E-state index in [1.54, 1.807) is 6.92 Å². The summed E-state index contributed by atoms with van der Waals surface area (Å²) in [5, 5.41) is 7.73. The van der Waals surface area contributed by atoms with E-state index in [2.05, 4.69) is 15.3 Å². The maximum atomic E-state index is 13.0. The van der Waals surface area contributed by atoms with E-state index >= 15 is 0 Å². The topological polar surface area (TPSA) is 91.9 Å². The van der Waals surface area contributed by atoms with Crippen LogP contribution in [0.25, 0.3) is 16.9 Å². The van der Waals surface area contributed by atoms with Crippen LogP contribution < -0.4 is 5.56 Å². The zero-order valence-corrected chi connectivity index (χ0v) is 13.0. The van der Waals surface area contributed by atoms with Gasteiger partial charge in [-0.15, -0.1) is 5.10 Å². The normalized spacial score (nSPS) is 12.3. The molecule has 24 heavy (non-hydrogen) atoms. The summed E-state index contributed by atoms with van der Waals surface area (Å²) in [6.45, 7) is 3.44. The standard InChI is InChI=1S/C15H14FN5O3/c1-3-24-15(23)9(2)20-8-17-13-12(14(20)22)18-19-21(13)11-6-4-10(16)5-7-11/h4-9H,3H2,1-2H3/t9-/m0/s1. The molecular weight excluding hydrogens is 317 g/mol. The molecule has 9 heteroatoms. The average Bonchev–Trinajstić information content (AvgIpc) is 3.00. The number of carbonyl (C=O) groups is 1. The predicted octanol–water partition coefficient (Wildman–Crippen LogP) is 1.24. The van der Waals surface area contributed by atoms with E-state index in [9.17, 15) is 14.0 Å². The molecule has 124 valence electrons. The van der Waals surface area contributed by atoms with Crippen LogP contribution in [-0.2, 0) is 9.53 Å². The van der Waals surface area contributed by atoms with Gasteiger partial charge in [0.2, 0.25) is 0 Å². The molecule has 0 aliphatic carbocycles. The third-order valence-corrected chi connectivity index (χ3v) is 3.50. The molecule has 2 heterocycles. The summed E-state index contributed by atoms with van der Waals surface area (Å²) in [6.07, 6.45) is 1.25. The number of nitrogens with zero attached hydrogens (tertiary/aromatic N) is 5. The van der Waals surface area contributed by atoms with Crippen LogP contribution in [0.15, 0.2) is 35.4 Å². The summed E-state index contributed by atoms with van der Waals surface area (Å²) in [6, 6.07) is 4.71. The first-order valence-corrected chi connectivity index (χ1v) is 7.28. The van der Waals surface area contributed by atoms with Gasteiger partial charge in [0.1, 0.15) is 18.2 Å². The van der Waals surface area contributed by atoms with Crippen molar-refractivity contribution in [3.63, 3.8) is 0 Å². The zero-order chi connectivity index (χ0) is 17.3. The smallest absolute Gasteiger partial charge is 0.328 e. The lowest BCUT2D eigenvalue weighted by atomic mass is 10.3. The number of aromatic nitrogens is 5. The van der Waals surface area contributed by atoms with Crippen LogP contribution in [0.2, 0.25) is 0 Å². The minimum absolute atomic E-state index is 0.0120. The Balaban J connectivity index is 2.07. The number of halogens is 1. The fourth-order valence-electron chi connectivity index (χ4n) is 2.23. The Bertz CT molecular complexity index is 948. The van der Waals surface area contributed by atoms with Crippen molar-refractivity contribution in [2.24, 2.45) is 0 Å². The van der Waals surface area contributed by atoms with Gasteiger partial charge in [-0.1, -0.05) is 5.21 Å². The van der Waals surface area contributed by atoms with Gasteiger partial charge in [-0.3, -0.25) is 9.36 Å². The van der Waals surface area contributed by atoms with Gasteiger partial charge in [-0.2, -0.15) is 4.68 Å². The van der Waals surface area contributed by atoms with E-state index in [1.165, 1.54) is 42.2 Å². The predicted molar refractivity (Wildman–Crippen MR) is 82.2 cm³/mol. The minimum atomic E-state index is -0.828. The number of hydrogen-bond acceptors (Lipinski definition) is 6. The first-order chi connectivity index (χ1) is 11.5. The number of fused-ring (bicyclic) bond motifs is 1. The molecular formula is C15H14FN5O3. The molecule has 1 aromatic carbocycles. The second kappa shape index (κ2) is 6.19. The highest BCUT2D eigenvalue weighted by molar-refractivity contribution is 5.75. The van der Waals surface area contributed by atoms with Crippen molar-refractivity contribution in [1.29, 1.82) is 0 Å². The molecule has 0 fully saturated rings. The second-order valence-corrected chi connectivity index (χ2v) is 5.03. The maximum absolute atomic E-state index is 13.0. The Morgan fingerprint density at radius 2 is 2.04 bits per heavy atom. The van der Waals surface area contributed by atoms with Crippen LogP contribution >= 0.6 is 0 Å². The molecule has 0 spiro atoms. The molecule has 0 saturated heterocycles. The van der Waals surface area contributed by atoms with Crippen LogP contribution in [-0.4, -0.2) is 37.1 Å². The molecule has 3 aromatic rings. The van der Waals surface area contributed by atoms with Gasteiger partial charge >= 0.3 is 5.97 Å². The number of ether oxygens (including phenoxy) is 1. The van der Waals surface area contributed by atoms with Crippen LogP contribution in [0.1, 0.15) is 19.9 Å². The molecule has 8 nitrogen and oxygen atoms in total. The molecule has 0 unspecified atom stereocenters. The van der Waals surface area contributed by atoms with Crippen molar-refractivity contribution in [2.45, 2.75) is 19.9 Å². The van der Waals surface area contributed by atoms with Crippen molar-refractivity contribution >= 4 is 17.1 Å². The number of carbonyl (C=O) groups excluding carboxylic acids is 1. The van der Waals surface area contributed by atoms with Crippen LogP contribution in [0.5, 0.6) is 0 Å². The van der Waals surface area contributed by atoms with Crippen molar-refractivity contribution in [2.75, 3.05) is 6.61 Å². The molecule has 2 aromatic heterocycles. The van der Waals surface area contributed by atoms with Gasteiger partial charge in [0.15, 0.2) is 11.2 Å². The zero-order valence-electron chi connectivity index (χ0n) is 13.0. The first kappa shape index (κ1) is 15.8. The number of esters is 1. The highest BCUT2D eigenvalue weighted by Crippen LogP contribution is 2.13. The van der Waals surface area contributed by atoms with Crippen molar-refractivity contribution in [3.8, 4) is 5.69 Å². The van der Waals surface area contributed by atoms with Crippen LogP contribution in [0.3, 0.4) is 0 Å².